The molecule has 1 N–H and O–H groups in total. The van der Waals surface area contributed by atoms with Crippen molar-refractivity contribution in [1.29, 1.82) is 0 Å². The molecule has 0 bridgehead atoms. The Morgan fingerprint density at radius 2 is 1.61 bits per heavy atom. The van der Waals surface area contributed by atoms with Crippen LogP contribution in [0.15, 0.2) is 84.0 Å². The van der Waals surface area contributed by atoms with Gasteiger partial charge in [0.25, 0.3) is 0 Å². The number of fused-ring (bicyclic) bond motifs is 1. The van der Waals surface area contributed by atoms with Gasteiger partial charge >= 0.3 is 5.97 Å². The van der Waals surface area contributed by atoms with E-state index in [1.54, 1.807) is 14.2 Å². The number of aliphatic imine (C=N–C) groups is 1. The van der Waals surface area contributed by atoms with Gasteiger partial charge < -0.3 is 19.2 Å². The van der Waals surface area contributed by atoms with Crippen molar-refractivity contribution in [3.05, 3.63) is 95.7 Å². The van der Waals surface area contributed by atoms with Crippen molar-refractivity contribution in [2.75, 3.05) is 14.2 Å². The number of nitrogens with zero attached hydrogens (tertiary/aromatic N) is 1. The van der Waals surface area contributed by atoms with E-state index in [9.17, 15) is 4.79 Å². The van der Waals surface area contributed by atoms with Crippen molar-refractivity contribution in [3.63, 3.8) is 0 Å². The molecule has 3 aromatic carbocycles. The van der Waals surface area contributed by atoms with Crippen LogP contribution >= 0.6 is 0 Å². The second-order valence-corrected chi connectivity index (χ2v) is 7.23. The lowest BCUT2D eigenvalue weighted by molar-refractivity contribution is -0.137. The molecule has 0 amide bonds. The number of ether oxygens (including phenoxy) is 3. The fourth-order valence-corrected chi connectivity index (χ4v) is 3.95. The molecule has 0 saturated heterocycles. The second kappa shape index (κ2) is 7.32. The first kappa shape index (κ1) is 18.9. The number of cyclic esters (lactones) is 1. The number of carbonyl (C=O) groups excluding carboxylic acids is 1. The van der Waals surface area contributed by atoms with Crippen LogP contribution in [0.5, 0.6) is 11.5 Å². The van der Waals surface area contributed by atoms with E-state index in [1.807, 2.05) is 79.0 Å². The van der Waals surface area contributed by atoms with Crippen LogP contribution < -0.4 is 9.47 Å². The van der Waals surface area contributed by atoms with Crippen molar-refractivity contribution >= 4 is 22.8 Å². The molecular weight excluding hydrogens is 392 g/mol. The Hall–Kier alpha value is -4.06. The molecule has 154 valence electrons. The third-order valence-corrected chi connectivity index (χ3v) is 5.56. The molecular formula is C25H20N2O4. The Kier molecular flexibility index (Phi) is 4.47. The number of hydrogen-bond donors (Lipinski definition) is 1. The predicted octanol–water partition coefficient (Wildman–Crippen LogP) is 4.43. The molecule has 1 aliphatic heterocycles. The van der Waals surface area contributed by atoms with Gasteiger partial charge in [-0.3, -0.25) is 0 Å². The minimum Gasteiger partial charge on any atom is -0.497 e. The zero-order chi connectivity index (χ0) is 21.4. The van der Waals surface area contributed by atoms with Gasteiger partial charge in [0.2, 0.25) is 11.4 Å². The standard InChI is InChI=1S/C25H20N2O4/c1-29-18-10-8-16(9-11-18)23-27-25(24(28)31-23,17-6-4-3-5-7-17)21-15-26-22-13-12-19(30-2)14-20(21)22/h3-15,26H,1-2H3. The quantitative estimate of drug-likeness (QED) is 0.492. The monoisotopic (exact) mass is 412 g/mol. The van der Waals surface area contributed by atoms with E-state index >= 15 is 0 Å². The smallest absolute Gasteiger partial charge is 0.350 e. The molecule has 0 saturated carbocycles. The SMILES string of the molecule is COc1ccc(C2=NC(c3ccccc3)(c3c[nH]c4ccc(OC)cc34)C(=O)O2)cc1. The first-order chi connectivity index (χ1) is 15.2. The summed E-state index contributed by atoms with van der Waals surface area (Å²) in [5.41, 5.74) is 1.69. The van der Waals surface area contributed by atoms with E-state index < -0.39 is 11.5 Å². The molecule has 0 spiro atoms. The van der Waals surface area contributed by atoms with Crippen LogP contribution in [0.2, 0.25) is 0 Å². The number of aromatic nitrogens is 1. The van der Waals surface area contributed by atoms with Crippen LogP contribution in [0, 0.1) is 0 Å². The maximum absolute atomic E-state index is 13.5. The lowest BCUT2D eigenvalue weighted by Crippen LogP contribution is -2.32. The largest absolute Gasteiger partial charge is 0.497 e. The number of carbonyl (C=O) groups is 1. The maximum atomic E-state index is 13.5. The molecule has 1 aliphatic rings. The third-order valence-electron chi connectivity index (χ3n) is 5.56. The maximum Gasteiger partial charge on any atom is 0.350 e. The molecule has 0 aliphatic carbocycles. The zero-order valence-electron chi connectivity index (χ0n) is 17.1. The number of nitrogens with one attached hydrogen (secondary N) is 1. The highest BCUT2D eigenvalue weighted by Crippen LogP contribution is 2.43. The van der Waals surface area contributed by atoms with Crippen molar-refractivity contribution < 1.29 is 19.0 Å². The molecule has 6 heteroatoms. The highest BCUT2D eigenvalue weighted by atomic mass is 16.6. The number of methoxy groups -OCH3 is 2. The zero-order valence-corrected chi connectivity index (χ0v) is 17.1. The highest BCUT2D eigenvalue weighted by molar-refractivity contribution is 6.11. The van der Waals surface area contributed by atoms with Crippen LogP contribution in [0.25, 0.3) is 10.9 Å². The first-order valence-corrected chi connectivity index (χ1v) is 9.83. The van der Waals surface area contributed by atoms with Crippen LogP contribution in [-0.4, -0.2) is 31.1 Å². The van der Waals surface area contributed by atoms with Crippen molar-refractivity contribution in [1.82, 2.24) is 4.98 Å². The van der Waals surface area contributed by atoms with Crippen molar-refractivity contribution in [2.24, 2.45) is 4.99 Å². The van der Waals surface area contributed by atoms with Crippen molar-refractivity contribution in [2.45, 2.75) is 5.54 Å². The molecule has 1 aromatic heterocycles. The van der Waals surface area contributed by atoms with Crippen LogP contribution in [-0.2, 0) is 15.1 Å². The molecule has 6 nitrogen and oxygen atoms in total. The molecule has 0 radical (unpaired) electrons. The van der Waals surface area contributed by atoms with Gasteiger partial charge in [-0.25, -0.2) is 9.79 Å². The summed E-state index contributed by atoms with van der Waals surface area (Å²) in [5, 5.41) is 0.847. The Bertz CT molecular complexity index is 1290. The molecule has 1 unspecified atom stereocenters. The van der Waals surface area contributed by atoms with Gasteiger partial charge in [-0.1, -0.05) is 30.3 Å². The van der Waals surface area contributed by atoms with Crippen LogP contribution in [0.3, 0.4) is 0 Å². The third kappa shape index (κ3) is 2.95. The van der Waals surface area contributed by atoms with E-state index in [4.69, 9.17) is 19.2 Å². The predicted molar refractivity (Wildman–Crippen MR) is 118 cm³/mol. The van der Waals surface area contributed by atoms with E-state index in [-0.39, 0.29) is 5.90 Å². The van der Waals surface area contributed by atoms with Gasteiger partial charge in [0.05, 0.1) is 14.2 Å². The topological polar surface area (TPSA) is 72.9 Å². The summed E-state index contributed by atoms with van der Waals surface area (Å²) in [5.74, 6) is 1.23. The molecule has 0 fully saturated rings. The van der Waals surface area contributed by atoms with Crippen LogP contribution in [0.4, 0.5) is 0 Å². The summed E-state index contributed by atoms with van der Waals surface area (Å²) in [7, 11) is 3.22. The van der Waals surface area contributed by atoms with Crippen molar-refractivity contribution in [3.8, 4) is 11.5 Å². The first-order valence-electron chi connectivity index (χ1n) is 9.83. The molecule has 2 heterocycles. The van der Waals surface area contributed by atoms with Crippen LogP contribution in [0.1, 0.15) is 16.7 Å². The lowest BCUT2D eigenvalue weighted by Gasteiger charge is -2.22. The highest BCUT2D eigenvalue weighted by Gasteiger charge is 2.50. The van der Waals surface area contributed by atoms with Gasteiger partial charge in [0.15, 0.2) is 0 Å². The Labute approximate surface area is 179 Å². The minimum atomic E-state index is -1.33. The Morgan fingerprint density at radius 3 is 2.32 bits per heavy atom. The van der Waals surface area contributed by atoms with E-state index in [2.05, 4.69) is 4.98 Å². The number of hydrogen-bond acceptors (Lipinski definition) is 5. The van der Waals surface area contributed by atoms with Gasteiger partial charge in [0.1, 0.15) is 11.5 Å². The number of H-pyrrole nitrogens is 1. The number of rotatable bonds is 5. The normalized spacial score (nSPS) is 18.0. The Balaban J connectivity index is 1.75. The summed E-state index contributed by atoms with van der Waals surface area (Å²) < 4.78 is 16.4. The summed E-state index contributed by atoms with van der Waals surface area (Å²) in [4.78, 5) is 21.6. The number of benzene rings is 3. The summed E-state index contributed by atoms with van der Waals surface area (Å²) in [6.07, 6.45) is 1.82. The lowest BCUT2D eigenvalue weighted by atomic mass is 9.83. The number of aromatic amines is 1. The van der Waals surface area contributed by atoms with Gasteiger partial charge in [-0.15, -0.1) is 0 Å². The Morgan fingerprint density at radius 1 is 0.903 bits per heavy atom. The fraction of sp³-hybridized carbons (Fsp3) is 0.120. The second-order valence-electron chi connectivity index (χ2n) is 7.23. The molecule has 31 heavy (non-hydrogen) atoms. The fourth-order valence-electron chi connectivity index (χ4n) is 3.95. The van der Waals surface area contributed by atoms with E-state index in [0.29, 0.717) is 22.6 Å². The molecule has 1 atom stereocenters. The average molecular weight is 412 g/mol. The van der Waals surface area contributed by atoms with Gasteiger partial charge in [-0.2, -0.15) is 0 Å². The van der Waals surface area contributed by atoms with E-state index in [1.165, 1.54) is 0 Å². The average Bonchev–Trinajstić information content (AvgIpc) is 3.40. The molecule has 4 aromatic rings. The number of esters is 1. The van der Waals surface area contributed by atoms with Gasteiger partial charge in [-0.05, 0) is 48.0 Å². The van der Waals surface area contributed by atoms with E-state index in [0.717, 1.165) is 16.5 Å². The summed E-state index contributed by atoms with van der Waals surface area (Å²) in [6.45, 7) is 0. The van der Waals surface area contributed by atoms with Gasteiger partial charge in [0, 0.05) is 28.2 Å². The summed E-state index contributed by atoms with van der Waals surface area (Å²) >= 11 is 0. The molecule has 5 rings (SSSR count). The summed E-state index contributed by atoms with van der Waals surface area (Å²) in [6, 6.07) is 22.4. The minimum absolute atomic E-state index is 0.272.